The van der Waals surface area contributed by atoms with Gasteiger partial charge in [-0.25, -0.2) is 0 Å². The zero-order valence-corrected chi connectivity index (χ0v) is 8.82. The molecular formula is C10H20ClN. The maximum atomic E-state index is 5.65. The lowest BCUT2D eigenvalue weighted by Crippen LogP contribution is -2.26. The van der Waals surface area contributed by atoms with Crippen molar-refractivity contribution >= 4 is 11.6 Å². The summed E-state index contributed by atoms with van der Waals surface area (Å²) in [6.07, 6.45) is 5.51. The van der Waals surface area contributed by atoms with Crippen LogP contribution in [0.3, 0.4) is 0 Å². The van der Waals surface area contributed by atoms with Gasteiger partial charge in [0.1, 0.15) is 0 Å². The highest BCUT2D eigenvalue weighted by Crippen LogP contribution is 2.32. The molecule has 0 saturated heterocycles. The molecule has 0 atom stereocenters. The maximum absolute atomic E-state index is 5.65. The van der Waals surface area contributed by atoms with Crippen LogP contribution in [0.25, 0.3) is 0 Å². The first-order valence-electron chi connectivity index (χ1n) is 5.15. The fourth-order valence-corrected chi connectivity index (χ4v) is 1.60. The fourth-order valence-electron chi connectivity index (χ4n) is 1.48. The molecule has 0 aromatic heterocycles. The molecular weight excluding hydrogens is 170 g/mol. The summed E-state index contributed by atoms with van der Waals surface area (Å²) in [5, 5.41) is 0. The summed E-state index contributed by atoms with van der Waals surface area (Å²) >= 11 is 5.65. The van der Waals surface area contributed by atoms with Crippen molar-refractivity contribution in [1.29, 1.82) is 0 Å². The predicted octanol–water partition coefficient (Wildman–Crippen LogP) is 2.74. The maximum Gasteiger partial charge on any atom is 0.0235 e. The summed E-state index contributed by atoms with van der Waals surface area (Å²) in [5.41, 5.74) is 0. The van der Waals surface area contributed by atoms with Gasteiger partial charge in [-0.2, -0.15) is 0 Å². The molecule has 2 heteroatoms. The highest BCUT2D eigenvalue weighted by molar-refractivity contribution is 6.17. The zero-order valence-electron chi connectivity index (χ0n) is 8.06. The molecule has 1 fully saturated rings. The van der Waals surface area contributed by atoms with E-state index in [2.05, 4.69) is 11.8 Å². The van der Waals surface area contributed by atoms with Crippen molar-refractivity contribution < 1.29 is 0 Å². The highest BCUT2D eigenvalue weighted by Gasteiger charge is 2.21. The Morgan fingerprint density at radius 1 is 1.33 bits per heavy atom. The number of halogens is 1. The molecule has 1 aliphatic rings. The number of alkyl halides is 1. The van der Waals surface area contributed by atoms with E-state index in [-0.39, 0.29) is 0 Å². The van der Waals surface area contributed by atoms with E-state index >= 15 is 0 Å². The molecule has 0 spiro atoms. The van der Waals surface area contributed by atoms with Crippen LogP contribution in [0.15, 0.2) is 0 Å². The molecule has 1 aliphatic carbocycles. The van der Waals surface area contributed by atoms with Gasteiger partial charge in [-0.15, -0.1) is 11.6 Å². The third-order valence-electron chi connectivity index (χ3n) is 2.61. The van der Waals surface area contributed by atoms with Crippen LogP contribution >= 0.6 is 11.6 Å². The Kier molecular flexibility index (Phi) is 5.01. The lowest BCUT2D eigenvalue weighted by atomic mass is 10.2. The van der Waals surface area contributed by atoms with E-state index < -0.39 is 0 Å². The third-order valence-corrected chi connectivity index (χ3v) is 2.87. The van der Waals surface area contributed by atoms with Crippen LogP contribution in [-0.2, 0) is 0 Å². The molecule has 0 aliphatic heterocycles. The van der Waals surface area contributed by atoms with Crippen molar-refractivity contribution in [1.82, 2.24) is 4.90 Å². The van der Waals surface area contributed by atoms with E-state index in [0.717, 1.165) is 18.2 Å². The van der Waals surface area contributed by atoms with Gasteiger partial charge in [-0.3, -0.25) is 0 Å². The first-order valence-corrected chi connectivity index (χ1v) is 5.68. The number of hydrogen-bond acceptors (Lipinski definition) is 1. The fraction of sp³-hybridized carbons (Fsp3) is 1.00. The lowest BCUT2D eigenvalue weighted by Gasteiger charge is -2.19. The third kappa shape index (κ3) is 4.32. The average Bonchev–Trinajstić information content (AvgIpc) is 2.89. The highest BCUT2D eigenvalue weighted by atomic mass is 35.5. The molecule has 72 valence electrons. The average molecular weight is 190 g/mol. The molecule has 1 rings (SSSR count). The molecule has 1 nitrogen and oxygen atoms in total. The Morgan fingerprint density at radius 3 is 2.58 bits per heavy atom. The van der Waals surface area contributed by atoms with Crippen LogP contribution in [0, 0.1) is 5.92 Å². The molecule has 12 heavy (non-hydrogen) atoms. The van der Waals surface area contributed by atoms with Gasteiger partial charge in [0.15, 0.2) is 0 Å². The largest absolute Gasteiger partial charge is 0.304 e. The molecule has 0 aromatic rings. The smallest absolute Gasteiger partial charge is 0.0235 e. The summed E-state index contributed by atoms with van der Waals surface area (Å²) in [5.74, 6) is 1.87. The van der Waals surface area contributed by atoms with Crippen molar-refractivity contribution in [3.63, 3.8) is 0 Å². The first kappa shape index (κ1) is 10.3. The standard InChI is InChI=1S/C10H20ClN/c1-2-12(8-3-7-11)9-6-10-4-5-10/h10H,2-9H2,1H3. The first-order chi connectivity index (χ1) is 5.86. The summed E-state index contributed by atoms with van der Waals surface area (Å²) in [4.78, 5) is 2.51. The van der Waals surface area contributed by atoms with Crippen molar-refractivity contribution in [2.24, 2.45) is 5.92 Å². The molecule has 0 radical (unpaired) electrons. The second-order valence-corrected chi connectivity index (χ2v) is 4.09. The Labute approximate surface area is 81.1 Å². The van der Waals surface area contributed by atoms with Gasteiger partial charge in [-0.1, -0.05) is 19.8 Å². The van der Waals surface area contributed by atoms with Crippen LogP contribution in [0.4, 0.5) is 0 Å². The van der Waals surface area contributed by atoms with E-state index in [4.69, 9.17) is 11.6 Å². The van der Waals surface area contributed by atoms with Gasteiger partial charge in [0, 0.05) is 5.88 Å². The molecule has 0 bridgehead atoms. The van der Waals surface area contributed by atoms with Crippen molar-refractivity contribution in [2.75, 3.05) is 25.5 Å². The van der Waals surface area contributed by atoms with E-state index in [1.807, 2.05) is 0 Å². The predicted molar refractivity (Wildman–Crippen MR) is 54.8 cm³/mol. The topological polar surface area (TPSA) is 3.24 Å². The van der Waals surface area contributed by atoms with Crippen LogP contribution < -0.4 is 0 Å². The van der Waals surface area contributed by atoms with Gasteiger partial charge in [0.25, 0.3) is 0 Å². The number of hydrogen-bond donors (Lipinski definition) is 0. The van der Waals surface area contributed by atoms with Gasteiger partial charge >= 0.3 is 0 Å². The minimum atomic E-state index is 0.805. The lowest BCUT2D eigenvalue weighted by molar-refractivity contribution is 0.280. The second-order valence-electron chi connectivity index (χ2n) is 3.71. The number of rotatable bonds is 7. The Balaban J connectivity index is 1.98. The SMILES string of the molecule is CCN(CCCCl)CCC1CC1. The molecule has 0 unspecified atom stereocenters. The Hall–Kier alpha value is 0.250. The van der Waals surface area contributed by atoms with Gasteiger partial charge in [-0.05, 0) is 38.4 Å². The Bertz CT molecular complexity index is 112. The summed E-state index contributed by atoms with van der Waals surface area (Å²) in [7, 11) is 0. The molecule has 1 saturated carbocycles. The minimum Gasteiger partial charge on any atom is -0.304 e. The Morgan fingerprint density at radius 2 is 2.08 bits per heavy atom. The summed E-state index contributed by atoms with van der Waals surface area (Å²) in [6.45, 7) is 5.90. The van der Waals surface area contributed by atoms with Crippen LogP contribution in [-0.4, -0.2) is 30.4 Å². The molecule has 0 heterocycles. The van der Waals surface area contributed by atoms with E-state index in [1.165, 1.54) is 38.9 Å². The van der Waals surface area contributed by atoms with Gasteiger partial charge < -0.3 is 4.90 Å². The zero-order chi connectivity index (χ0) is 8.81. The molecule has 0 N–H and O–H groups in total. The van der Waals surface area contributed by atoms with Crippen LogP contribution in [0.1, 0.15) is 32.6 Å². The van der Waals surface area contributed by atoms with Gasteiger partial charge in [0.05, 0.1) is 0 Å². The van der Waals surface area contributed by atoms with Crippen LogP contribution in [0.2, 0.25) is 0 Å². The molecule has 0 amide bonds. The summed E-state index contributed by atoms with van der Waals surface area (Å²) < 4.78 is 0. The van der Waals surface area contributed by atoms with Crippen molar-refractivity contribution in [3.8, 4) is 0 Å². The van der Waals surface area contributed by atoms with Crippen LogP contribution in [0.5, 0.6) is 0 Å². The van der Waals surface area contributed by atoms with E-state index in [1.54, 1.807) is 0 Å². The minimum absolute atomic E-state index is 0.805. The normalized spacial score (nSPS) is 17.2. The van der Waals surface area contributed by atoms with Gasteiger partial charge in [0.2, 0.25) is 0 Å². The summed E-state index contributed by atoms with van der Waals surface area (Å²) in [6, 6.07) is 0. The monoisotopic (exact) mass is 189 g/mol. The van der Waals surface area contributed by atoms with E-state index in [9.17, 15) is 0 Å². The van der Waals surface area contributed by atoms with E-state index in [0.29, 0.717) is 0 Å². The number of nitrogens with zero attached hydrogens (tertiary/aromatic N) is 1. The van der Waals surface area contributed by atoms with Crippen molar-refractivity contribution in [2.45, 2.75) is 32.6 Å². The van der Waals surface area contributed by atoms with Crippen molar-refractivity contribution in [3.05, 3.63) is 0 Å². The molecule has 0 aromatic carbocycles. The quantitative estimate of drug-likeness (QED) is 0.557. The second kappa shape index (κ2) is 5.82.